The molecule has 0 N–H and O–H groups in total. The van der Waals surface area contributed by atoms with Crippen LogP contribution in [0.1, 0.15) is 30.9 Å². The van der Waals surface area contributed by atoms with Gasteiger partial charge in [0, 0.05) is 26.1 Å². The summed E-state index contributed by atoms with van der Waals surface area (Å²) in [4.78, 5) is 27.3. The Kier molecular flexibility index (Phi) is 5.51. The van der Waals surface area contributed by atoms with E-state index < -0.39 is 31.0 Å². The molecule has 0 spiro atoms. The van der Waals surface area contributed by atoms with Crippen LogP contribution in [0.15, 0.2) is 24.3 Å². The molecule has 1 fully saturated rings. The minimum atomic E-state index is -4.37. The van der Waals surface area contributed by atoms with Crippen molar-refractivity contribution < 1.29 is 22.8 Å². The zero-order chi connectivity index (χ0) is 17.9. The molecule has 1 aliphatic heterocycles. The van der Waals surface area contributed by atoms with Crippen LogP contribution in [0.25, 0.3) is 0 Å². The largest absolute Gasteiger partial charge is 0.389 e. The van der Waals surface area contributed by atoms with Crippen LogP contribution in [0.2, 0.25) is 0 Å². The minimum Gasteiger partial charge on any atom is -0.335 e. The lowest BCUT2D eigenvalue weighted by Crippen LogP contribution is -2.57. The molecule has 24 heavy (non-hydrogen) atoms. The Balaban J connectivity index is 1.96. The van der Waals surface area contributed by atoms with Crippen molar-refractivity contribution in [1.29, 1.82) is 0 Å². The topological polar surface area (TPSA) is 40.6 Å². The number of hydrogen-bond acceptors (Lipinski definition) is 2. The SMILES string of the molecule is Cc1cccc(CN2CCN(C(=O)CCC(F)(F)F)[C@H](C)C2=O)c1. The van der Waals surface area contributed by atoms with E-state index in [1.165, 1.54) is 4.90 Å². The maximum absolute atomic E-state index is 12.4. The molecular weight excluding hydrogens is 321 g/mol. The maximum atomic E-state index is 12.4. The van der Waals surface area contributed by atoms with Gasteiger partial charge in [0.05, 0.1) is 6.42 Å². The molecule has 1 heterocycles. The predicted molar refractivity (Wildman–Crippen MR) is 83.1 cm³/mol. The Morgan fingerprint density at radius 3 is 2.62 bits per heavy atom. The summed E-state index contributed by atoms with van der Waals surface area (Å²) in [6.07, 6.45) is -6.13. The van der Waals surface area contributed by atoms with Gasteiger partial charge in [-0.05, 0) is 19.4 Å². The molecule has 0 radical (unpaired) electrons. The van der Waals surface area contributed by atoms with Gasteiger partial charge in [0.2, 0.25) is 11.8 Å². The van der Waals surface area contributed by atoms with Crippen molar-refractivity contribution in [2.45, 2.75) is 45.5 Å². The monoisotopic (exact) mass is 342 g/mol. The lowest BCUT2D eigenvalue weighted by Gasteiger charge is -2.39. The highest BCUT2D eigenvalue weighted by molar-refractivity contribution is 5.88. The molecule has 4 nitrogen and oxygen atoms in total. The number of carbonyl (C=O) groups is 2. The summed E-state index contributed by atoms with van der Waals surface area (Å²) in [5, 5.41) is 0. The van der Waals surface area contributed by atoms with Gasteiger partial charge in [0.15, 0.2) is 0 Å². The average Bonchev–Trinajstić information content (AvgIpc) is 2.49. The molecule has 0 saturated carbocycles. The summed E-state index contributed by atoms with van der Waals surface area (Å²) >= 11 is 0. The minimum absolute atomic E-state index is 0.233. The molecule has 7 heteroatoms. The van der Waals surface area contributed by atoms with E-state index in [9.17, 15) is 22.8 Å². The van der Waals surface area contributed by atoms with Crippen molar-refractivity contribution >= 4 is 11.8 Å². The normalized spacial score (nSPS) is 18.9. The van der Waals surface area contributed by atoms with Crippen LogP contribution in [-0.2, 0) is 16.1 Å². The number of alkyl halides is 3. The van der Waals surface area contributed by atoms with E-state index in [1.54, 1.807) is 11.8 Å². The third-order valence-electron chi connectivity index (χ3n) is 4.15. The van der Waals surface area contributed by atoms with Gasteiger partial charge in [-0.25, -0.2) is 0 Å². The number of benzene rings is 1. The lowest BCUT2D eigenvalue weighted by atomic mass is 10.1. The average molecular weight is 342 g/mol. The Hall–Kier alpha value is -2.05. The van der Waals surface area contributed by atoms with Gasteiger partial charge in [0.1, 0.15) is 6.04 Å². The fraction of sp³-hybridized carbons (Fsp3) is 0.529. The van der Waals surface area contributed by atoms with E-state index in [0.29, 0.717) is 13.1 Å². The maximum Gasteiger partial charge on any atom is 0.389 e. The fourth-order valence-corrected chi connectivity index (χ4v) is 2.85. The number of amides is 2. The van der Waals surface area contributed by atoms with Gasteiger partial charge in [0.25, 0.3) is 0 Å². The molecule has 1 aromatic carbocycles. The summed E-state index contributed by atoms with van der Waals surface area (Å²) in [5.74, 6) is -0.855. The number of halogens is 3. The van der Waals surface area contributed by atoms with Crippen molar-refractivity contribution in [3.05, 3.63) is 35.4 Å². The van der Waals surface area contributed by atoms with Crippen LogP contribution in [-0.4, -0.2) is 46.9 Å². The molecule has 0 aliphatic carbocycles. The Labute approximate surface area is 139 Å². The van der Waals surface area contributed by atoms with E-state index in [0.717, 1.165) is 11.1 Å². The summed E-state index contributed by atoms with van der Waals surface area (Å²) in [7, 11) is 0. The number of nitrogens with zero attached hydrogens (tertiary/aromatic N) is 2. The summed E-state index contributed by atoms with van der Waals surface area (Å²) in [6, 6.07) is 7.05. The molecule has 2 rings (SSSR count). The fourth-order valence-electron chi connectivity index (χ4n) is 2.85. The van der Waals surface area contributed by atoms with Crippen LogP contribution in [0.5, 0.6) is 0 Å². The lowest BCUT2D eigenvalue weighted by molar-refractivity contribution is -0.157. The van der Waals surface area contributed by atoms with Crippen LogP contribution < -0.4 is 0 Å². The second kappa shape index (κ2) is 7.23. The number of carbonyl (C=O) groups excluding carboxylic acids is 2. The second-order valence-corrected chi connectivity index (χ2v) is 6.13. The third kappa shape index (κ3) is 4.72. The van der Waals surface area contributed by atoms with Crippen LogP contribution in [0.3, 0.4) is 0 Å². The van der Waals surface area contributed by atoms with Gasteiger partial charge in [-0.3, -0.25) is 9.59 Å². The quantitative estimate of drug-likeness (QED) is 0.844. The van der Waals surface area contributed by atoms with E-state index >= 15 is 0 Å². The summed E-state index contributed by atoms with van der Waals surface area (Å²) < 4.78 is 36.7. The third-order valence-corrected chi connectivity index (χ3v) is 4.15. The van der Waals surface area contributed by atoms with E-state index in [-0.39, 0.29) is 12.5 Å². The van der Waals surface area contributed by atoms with E-state index in [2.05, 4.69) is 0 Å². The molecule has 0 bridgehead atoms. The molecule has 1 atom stereocenters. The molecule has 132 valence electrons. The van der Waals surface area contributed by atoms with E-state index in [1.807, 2.05) is 31.2 Å². The Morgan fingerprint density at radius 2 is 2.00 bits per heavy atom. The summed E-state index contributed by atoms with van der Waals surface area (Å²) in [5.41, 5.74) is 2.08. The molecule has 1 aliphatic rings. The molecule has 1 aromatic rings. The number of piperazine rings is 1. The zero-order valence-electron chi connectivity index (χ0n) is 13.8. The predicted octanol–water partition coefficient (Wildman–Crippen LogP) is 2.90. The standard InChI is InChI=1S/C17H21F3N2O2/c1-12-4-3-5-14(10-12)11-21-8-9-22(13(2)16(21)24)15(23)6-7-17(18,19)20/h3-5,10,13H,6-9,11H2,1-2H3/t13-/m1/s1. The highest BCUT2D eigenvalue weighted by atomic mass is 19.4. The summed E-state index contributed by atoms with van der Waals surface area (Å²) in [6.45, 7) is 4.56. The number of rotatable bonds is 4. The highest BCUT2D eigenvalue weighted by Gasteiger charge is 2.36. The Morgan fingerprint density at radius 1 is 1.29 bits per heavy atom. The van der Waals surface area contributed by atoms with Crippen molar-refractivity contribution in [2.24, 2.45) is 0 Å². The van der Waals surface area contributed by atoms with Gasteiger partial charge in [-0.2, -0.15) is 13.2 Å². The van der Waals surface area contributed by atoms with Crippen LogP contribution in [0.4, 0.5) is 13.2 Å². The molecule has 0 aromatic heterocycles. The Bertz CT molecular complexity index is 616. The first-order valence-electron chi connectivity index (χ1n) is 7.88. The van der Waals surface area contributed by atoms with Crippen LogP contribution >= 0.6 is 0 Å². The first-order chi connectivity index (χ1) is 11.2. The smallest absolute Gasteiger partial charge is 0.335 e. The van der Waals surface area contributed by atoms with Gasteiger partial charge < -0.3 is 9.80 Å². The first kappa shape index (κ1) is 18.3. The first-order valence-corrected chi connectivity index (χ1v) is 7.88. The second-order valence-electron chi connectivity index (χ2n) is 6.13. The van der Waals surface area contributed by atoms with Crippen molar-refractivity contribution in [3.63, 3.8) is 0 Å². The van der Waals surface area contributed by atoms with Gasteiger partial charge in [-0.1, -0.05) is 29.8 Å². The number of aryl methyl sites for hydroxylation is 1. The number of hydrogen-bond donors (Lipinski definition) is 0. The molecule has 1 saturated heterocycles. The molecule has 0 unspecified atom stereocenters. The van der Waals surface area contributed by atoms with Crippen molar-refractivity contribution in [2.75, 3.05) is 13.1 Å². The van der Waals surface area contributed by atoms with Crippen LogP contribution in [0, 0.1) is 6.92 Å². The zero-order valence-corrected chi connectivity index (χ0v) is 13.8. The van der Waals surface area contributed by atoms with Gasteiger partial charge in [-0.15, -0.1) is 0 Å². The van der Waals surface area contributed by atoms with Crippen molar-refractivity contribution in [3.8, 4) is 0 Å². The van der Waals surface area contributed by atoms with E-state index in [4.69, 9.17) is 0 Å². The molecular formula is C17H21F3N2O2. The van der Waals surface area contributed by atoms with Gasteiger partial charge >= 0.3 is 6.18 Å². The highest BCUT2D eigenvalue weighted by Crippen LogP contribution is 2.23. The molecule has 2 amide bonds. The van der Waals surface area contributed by atoms with Crippen molar-refractivity contribution in [1.82, 2.24) is 9.80 Å².